The van der Waals surface area contributed by atoms with Crippen LogP contribution in [0.5, 0.6) is 17.6 Å². The number of piperidine rings is 1. The van der Waals surface area contributed by atoms with E-state index in [4.69, 9.17) is 14.2 Å². The molecule has 0 aliphatic carbocycles. The first-order valence-corrected chi connectivity index (χ1v) is 9.46. The molecule has 3 rings (SSSR count). The lowest BCUT2D eigenvalue weighted by Gasteiger charge is -2.31. The molecule has 0 bridgehead atoms. The maximum atomic E-state index is 12.0. The number of carbonyl (C=O) groups is 1. The zero-order valence-electron chi connectivity index (χ0n) is 16.7. The maximum Gasteiger partial charge on any atom is 0.410 e. The van der Waals surface area contributed by atoms with E-state index in [0.29, 0.717) is 49.1 Å². The largest absolute Gasteiger partial charge is 0.474 e. The van der Waals surface area contributed by atoms with E-state index < -0.39 is 0 Å². The van der Waals surface area contributed by atoms with Crippen LogP contribution in [0.2, 0.25) is 0 Å². The lowest BCUT2D eigenvalue weighted by atomic mass is 10.1. The molecule has 3 heterocycles. The molecular formula is C20H26N4O4. The van der Waals surface area contributed by atoms with Crippen LogP contribution >= 0.6 is 0 Å². The molecule has 1 aliphatic rings. The third-order valence-electron chi connectivity index (χ3n) is 4.39. The molecule has 0 unspecified atom stereocenters. The number of pyridine rings is 1. The van der Waals surface area contributed by atoms with Crippen molar-refractivity contribution >= 4 is 6.09 Å². The molecule has 1 saturated heterocycles. The van der Waals surface area contributed by atoms with Crippen LogP contribution in [0.15, 0.2) is 24.7 Å². The summed E-state index contributed by atoms with van der Waals surface area (Å²) in [4.78, 5) is 26.4. The fourth-order valence-corrected chi connectivity index (χ4v) is 2.84. The van der Waals surface area contributed by atoms with Gasteiger partial charge in [0.1, 0.15) is 12.4 Å². The molecular weight excluding hydrogens is 360 g/mol. The Balaban J connectivity index is 1.59. The van der Waals surface area contributed by atoms with Crippen LogP contribution in [0.4, 0.5) is 4.79 Å². The van der Waals surface area contributed by atoms with E-state index in [-0.39, 0.29) is 18.3 Å². The van der Waals surface area contributed by atoms with E-state index in [2.05, 4.69) is 15.0 Å². The minimum absolute atomic E-state index is 0.0259. The predicted molar refractivity (Wildman–Crippen MR) is 103 cm³/mol. The highest BCUT2D eigenvalue weighted by atomic mass is 16.6. The van der Waals surface area contributed by atoms with Crippen LogP contribution in [-0.2, 0) is 4.74 Å². The van der Waals surface area contributed by atoms with Crippen LogP contribution in [0.3, 0.4) is 0 Å². The summed E-state index contributed by atoms with van der Waals surface area (Å²) in [6.07, 6.45) is 4.17. The molecule has 0 atom stereocenters. The van der Waals surface area contributed by atoms with Crippen molar-refractivity contribution in [3.63, 3.8) is 0 Å². The molecule has 0 radical (unpaired) electrons. The first-order chi connectivity index (χ1) is 13.4. The Labute approximate surface area is 164 Å². The van der Waals surface area contributed by atoms with Crippen molar-refractivity contribution in [3.05, 3.63) is 35.8 Å². The zero-order valence-corrected chi connectivity index (χ0v) is 16.7. The highest BCUT2D eigenvalue weighted by molar-refractivity contribution is 5.67. The average Bonchev–Trinajstić information content (AvgIpc) is 2.67. The number of rotatable bonds is 5. The summed E-state index contributed by atoms with van der Waals surface area (Å²) >= 11 is 0. The lowest BCUT2D eigenvalue weighted by Crippen LogP contribution is -2.42. The number of ether oxygens (including phenoxy) is 3. The molecule has 1 amide bonds. The Bertz CT molecular complexity index is 802. The quantitative estimate of drug-likeness (QED) is 0.775. The van der Waals surface area contributed by atoms with Crippen molar-refractivity contribution in [2.45, 2.75) is 52.7 Å². The highest BCUT2D eigenvalue weighted by Crippen LogP contribution is 2.28. The molecule has 2 aromatic rings. The second-order valence-corrected chi connectivity index (χ2v) is 7.12. The summed E-state index contributed by atoms with van der Waals surface area (Å²) in [6.45, 7) is 8.70. The lowest BCUT2D eigenvalue weighted by molar-refractivity contribution is 0.0505. The Morgan fingerprint density at radius 2 is 1.82 bits per heavy atom. The summed E-state index contributed by atoms with van der Waals surface area (Å²) in [5.41, 5.74) is 1.77. The Hall–Kier alpha value is -2.90. The number of hydrogen-bond acceptors (Lipinski definition) is 7. The van der Waals surface area contributed by atoms with Gasteiger partial charge in [-0.05, 0) is 33.3 Å². The van der Waals surface area contributed by atoms with Crippen molar-refractivity contribution in [3.8, 4) is 17.6 Å². The number of nitrogens with zero attached hydrogens (tertiary/aromatic N) is 4. The van der Waals surface area contributed by atoms with E-state index in [9.17, 15) is 4.79 Å². The van der Waals surface area contributed by atoms with Gasteiger partial charge in [-0.1, -0.05) is 6.07 Å². The van der Waals surface area contributed by atoms with Gasteiger partial charge in [-0.25, -0.2) is 19.7 Å². The minimum atomic E-state index is -0.270. The summed E-state index contributed by atoms with van der Waals surface area (Å²) in [7, 11) is 0. The fraction of sp³-hybridized carbons (Fsp3) is 0.500. The van der Waals surface area contributed by atoms with Crippen molar-refractivity contribution in [1.29, 1.82) is 0 Å². The molecule has 150 valence electrons. The summed E-state index contributed by atoms with van der Waals surface area (Å²) in [6, 6.07) is 3.72. The van der Waals surface area contributed by atoms with Crippen molar-refractivity contribution in [2.75, 3.05) is 13.1 Å². The number of likely N-dealkylation sites (tertiary alicyclic amines) is 1. The van der Waals surface area contributed by atoms with Gasteiger partial charge in [-0.3, -0.25) is 0 Å². The summed E-state index contributed by atoms with van der Waals surface area (Å²) in [5, 5.41) is 0. The number of hydrogen-bond donors (Lipinski definition) is 0. The first-order valence-electron chi connectivity index (χ1n) is 9.46. The van der Waals surface area contributed by atoms with Gasteiger partial charge >= 0.3 is 6.09 Å². The molecule has 0 spiro atoms. The molecule has 28 heavy (non-hydrogen) atoms. The first kappa shape index (κ1) is 19.9. The Morgan fingerprint density at radius 1 is 1.11 bits per heavy atom. The smallest absolute Gasteiger partial charge is 0.410 e. The molecule has 0 N–H and O–H groups in total. The monoisotopic (exact) mass is 386 g/mol. The fourth-order valence-electron chi connectivity index (χ4n) is 2.84. The standard InChI is InChI=1S/C20H26N4O4/c1-13(2)26-20(25)24-9-7-16(8-10-24)27-18-15(4)19(23-12-22-18)28-17-6-5-14(3)11-21-17/h5-6,11-13,16H,7-10H2,1-4H3. The molecule has 8 heteroatoms. The minimum Gasteiger partial charge on any atom is -0.474 e. The SMILES string of the molecule is Cc1ccc(Oc2ncnc(OC3CCN(C(=O)OC(C)C)CC3)c2C)nc1. The zero-order chi connectivity index (χ0) is 20.1. The average molecular weight is 386 g/mol. The molecule has 2 aromatic heterocycles. The van der Waals surface area contributed by atoms with Gasteiger partial charge in [0, 0.05) is 38.2 Å². The molecule has 8 nitrogen and oxygen atoms in total. The van der Waals surface area contributed by atoms with Gasteiger partial charge in [0.25, 0.3) is 0 Å². The number of carbonyl (C=O) groups excluding carboxylic acids is 1. The molecule has 0 aromatic carbocycles. The van der Waals surface area contributed by atoms with Crippen LogP contribution in [0.25, 0.3) is 0 Å². The topological polar surface area (TPSA) is 86.7 Å². The van der Waals surface area contributed by atoms with Crippen molar-refractivity contribution < 1.29 is 19.0 Å². The second kappa shape index (κ2) is 8.86. The third kappa shape index (κ3) is 5.09. The van der Waals surface area contributed by atoms with Gasteiger partial charge in [0.05, 0.1) is 11.7 Å². The van der Waals surface area contributed by atoms with Crippen LogP contribution in [-0.4, -0.2) is 51.2 Å². The van der Waals surface area contributed by atoms with Gasteiger partial charge < -0.3 is 19.1 Å². The predicted octanol–water partition coefficient (Wildman–Crippen LogP) is 3.67. The summed E-state index contributed by atoms with van der Waals surface area (Å²) in [5.74, 6) is 1.37. The van der Waals surface area contributed by atoms with Gasteiger partial charge in [-0.2, -0.15) is 0 Å². The van der Waals surface area contributed by atoms with Gasteiger partial charge in [0.15, 0.2) is 0 Å². The van der Waals surface area contributed by atoms with Gasteiger partial charge in [0.2, 0.25) is 17.6 Å². The second-order valence-electron chi connectivity index (χ2n) is 7.12. The number of aromatic nitrogens is 3. The van der Waals surface area contributed by atoms with Gasteiger partial charge in [-0.15, -0.1) is 0 Å². The van der Waals surface area contributed by atoms with Crippen LogP contribution in [0, 0.1) is 13.8 Å². The van der Waals surface area contributed by atoms with Crippen LogP contribution in [0.1, 0.15) is 37.8 Å². The molecule has 1 fully saturated rings. The van der Waals surface area contributed by atoms with Crippen LogP contribution < -0.4 is 9.47 Å². The van der Waals surface area contributed by atoms with E-state index in [1.165, 1.54) is 6.33 Å². The van der Waals surface area contributed by atoms with E-state index in [1.54, 1.807) is 17.2 Å². The van der Waals surface area contributed by atoms with Crippen molar-refractivity contribution in [2.24, 2.45) is 0 Å². The normalized spacial score (nSPS) is 14.8. The Morgan fingerprint density at radius 3 is 2.46 bits per heavy atom. The van der Waals surface area contributed by atoms with E-state index in [1.807, 2.05) is 33.8 Å². The van der Waals surface area contributed by atoms with E-state index >= 15 is 0 Å². The number of aryl methyl sites for hydroxylation is 1. The molecule has 1 aliphatic heterocycles. The van der Waals surface area contributed by atoms with E-state index in [0.717, 1.165) is 5.56 Å². The molecule has 0 saturated carbocycles. The highest BCUT2D eigenvalue weighted by Gasteiger charge is 2.26. The Kier molecular flexibility index (Phi) is 6.28. The number of amides is 1. The summed E-state index contributed by atoms with van der Waals surface area (Å²) < 4.78 is 17.1. The maximum absolute atomic E-state index is 12.0. The van der Waals surface area contributed by atoms with Crippen molar-refractivity contribution in [1.82, 2.24) is 19.9 Å². The third-order valence-corrected chi connectivity index (χ3v) is 4.39.